The van der Waals surface area contributed by atoms with Gasteiger partial charge < -0.3 is 54.3 Å². The predicted molar refractivity (Wildman–Crippen MR) is 608 cm³/mol. The third kappa shape index (κ3) is 30.6. The Balaban J connectivity index is 0.000000160. The van der Waals surface area contributed by atoms with Crippen LogP contribution in [0.5, 0.6) is 0 Å². The van der Waals surface area contributed by atoms with Gasteiger partial charge in [0.25, 0.3) is 0 Å². The molecule has 1 saturated heterocycles. The molecule has 1 aliphatic rings. The lowest BCUT2D eigenvalue weighted by Crippen LogP contribution is -2.41. The summed E-state index contributed by atoms with van der Waals surface area (Å²) in [6.45, 7) is 56.0. The Bertz CT molecular complexity index is 6480. The van der Waals surface area contributed by atoms with E-state index in [0.29, 0.717) is 32.7 Å². The minimum absolute atomic E-state index is 0.232. The summed E-state index contributed by atoms with van der Waals surface area (Å²) in [7, 11) is 4.40. The molecule has 0 spiro atoms. The van der Waals surface area contributed by atoms with E-state index in [9.17, 15) is 4.39 Å². The number of aromatic nitrogens is 6. The molecule has 0 bridgehead atoms. The molecule has 16 rings (SSSR count). The van der Waals surface area contributed by atoms with E-state index in [1.54, 1.807) is 12.1 Å². The Morgan fingerprint density at radius 3 is 0.916 bits per heavy atom. The topological polar surface area (TPSA) is 117 Å². The standard InChI is InChI=1S/C27H35N5.C25H31N3.C24H28ClN3.C24H28FN3.C24H29N3/c1-5-32-25(9-7-14-29-23-11-15-28-21(2)18-23)19-26-22(8-6-10-27(26)32)20-31-16-12-24(13-17-31)30(3)4;1-5-27(6-2)19-21-10-8-12-25-24(21)18-23(28(25)7-3)11-9-17-26-22-15-13-20(4)14-16-22;2*1-4-27(5-2)18-19-9-7-11-24-23(19)17-22(28(24)6-3)10-8-16-26-21-14-12-20(25)13-15-21;1-4-26(5-2)19-20-12-10-16-24-23(20)18-22(27(24)6-3)15-11-17-25-21-13-8-7-9-14-21/h6,8,10-11,15,18-19,24H,5,12-14,16-17,20H2,1-4H3,(H,28,29);8,10,12-16,18,26H,5-7,17,19H2,1-4H3;2*7,9,11-15,17,26H,4-6,16,18H2,1-3H3;7-10,12-14,16,18,25H,4-6,17,19H2,1-3H3. The van der Waals surface area contributed by atoms with Gasteiger partial charge in [0.1, 0.15) is 5.82 Å². The number of halogens is 2. The number of anilines is 5. The molecule has 9 aromatic carbocycles. The van der Waals surface area contributed by atoms with Crippen molar-refractivity contribution in [3.8, 4) is 59.2 Å². The van der Waals surface area contributed by atoms with Gasteiger partial charge in [-0.3, -0.25) is 29.5 Å². The fraction of sp³-hybridized carbons (Fsp3) is 0.363. The highest BCUT2D eigenvalue weighted by Crippen LogP contribution is 2.32. The number of hydrogen-bond donors (Lipinski definition) is 5. The molecule has 0 amide bonds. The number of benzene rings is 9. The van der Waals surface area contributed by atoms with Gasteiger partial charge in [0.2, 0.25) is 0 Å². The van der Waals surface area contributed by atoms with E-state index in [2.05, 4.69) is 412 Å². The van der Waals surface area contributed by atoms with Crippen molar-refractivity contribution < 1.29 is 4.39 Å². The molecule has 1 fully saturated rings. The van der Waals surface area contributed by atoms with Crippen LogP contribution in [0.25, 0.3) is 54.5 Å². The zero-order chi connectivity index (χ0) is 101. The van der Waals surface area contributed by atoms with Gasteiger partial charge in [0.05, 0.1) is 61.2 Å². The molecule has 0 unspecified atom stereocenters. The second-order valence-electron chi connectivity index (χ2n) is 36.1. The first-order valence-corrected chi connectivity index (χ1v) is 52.2. The van der Waals surface area contributed by atoms with E-state index >= 15 is 0 Å². The highest BCUT2D eigenvalue weighted by Gasteiger charge is 2.23. The van der Waals surface area contributed by atoms with Gasteiger partial charge in [-0.05, 0) is 344 Å². The molecule has 6 aromatic heterocycles. The number of likely N-dealkylation sites (tertiary alicyclic amines) is 1. The van der Waals surface area contributed by atoms with E-state index in [4.69, 9.17) is 11.6 Å². The molecule has 0 atom stereocenters. The van der Waals surface area contributed by atoms with Crippen LogP contribution in [0.3, 0.4) is 0 Å². The maximum atomic E-state index is 13.0. The average molecular weight is 1930 g/mol. The number of fused-ring (bicyclic) bond motifs is 5. The zero-order valence-corrected chi connectivity index (χ0v) is 88.6. The lowest BCUT2D eigenvalue weighted by atomic mass is 10.0. The molecule has 1 aliphatic heterocycles. The summed E-state index contributed by atoms with van der Waals surface area (Å²) in [6.07, 6.45) is 4.32. The highest BCUT2D eigenvalue weighted by molar-refractivity contribution is 6.30. The van der Waals surface area contributed by atoms with E-state index in [1.165, 1.54) is 126 Å². The van der Waals surface area contributed by atoms with E-state index in [0.717, 1.165) is 191 Å². The SMILES string of the molecule is CCN(CC)Cc1cccc2c1cc(C#CCNc1ccc(C)cc1)n2CC.CCN(CC)Cc1cccc2c1cc(C#CCNc1ccc(Cl)cc1)n2CC.CCN(CC)Cc1cccc2c1cc(C#CCNc1ccc(F)cc1)n2CC.CCN(CC)Cc1cccc2c1cc(C#CCNc1ccccc1)n2CC.CCn1c(C#CCNc2ccnc(C)c2)cc2c(CN3CCC(N(C)C)CC3)cccc21. The first kappa shape index (κ1) is 108. The molecule has 746 valence electrons. The van der Waals surface area contributed by atoms with E-state index in [1.807, 2.05) is 67.7 Å². The Kier molecular flexibility index (Phi) is 42.8. The molecular formula is C124H151ClFN17. The number of nitrogens with one attached hydrogen (secondary N) is 5. The number of hydrogen-bond acceptors (Lipinski definition) is 12. The maximum Gasteiger partial charge on any atom is 0.123 e. The summed E-state index contributed by atoms with van der Waals surface area (Å²) < 4.78 is 24.5. The van der Waals surface area contributed by atoms with Gasteiger partial charge >= 0.3 is 0 Å². The maximum absolute atomic E-state index is 13.0. The number of rotatable bonds is 34. The zero-order valence-electron chi connectivity index (χ0n) is 87.9. The molecule has 15 aromatic rings. The summed E-state index contributed by atoms with van der Waals surface area (Å²) in [5.41, 5.74) is 26.1. The van der Waals surface area contributed by atoms with Crippen molar-refractivity contribution in [2.75, 3.05) is 139 Å². The number of pyridine rings is 1. The number of piperidine rings is 1. The lowest BCUT2D eigenvalue weighted by Gasteiger charge is -2.35. The molecule has 0 radical (unpaired) electrons. The van der Waals surface area contributed by atoms with E-state index in [-0.39, 0.29) is 5.82 Å². The molecule has 0 saturated carbocycles. The summed E-state index contributed by atoms with van der Waals surface area (Å²) >= 11 is 5.93. The van der Waals surface area contributed by atoms with Crippen molar-refractivity contribution in [3.05, 3.63) is 321 Å². The fourth-order valence-corrected chi connectivity index (χ4v) is 18.8. The van der Waals surface area contributed by atoms with Crippen molar-refractivity contribution >= 4 is 94.6 Å². The monoisotopic (exact) mass is 1930 g/mol. The van der Waals surface area contributed by atoms with Gasteiger partial charge in [-0.1, -0.05) is 193 Å². The molecule has 0 aliphatic carbocycles. The van der Waals surface area contributed by atoms with Crippen LogP contribution in [-0.2, 0) is 65.4 Å². The van der Waals surface area contributed by atoms with Crippen LogP contribution in [0.15, 0.2) is 243 Å². The van der Waals surface area contributed by atoms with Crippen LogP contribution < -0.4 is 26.6 Å². The van der Waals surface area contributed by atoms with Gasteiger partial charge in [-0.2, -0.15) is 0 Å². The van der Waals surface area contributed by atoms with E-state index < -0.39 is 0 Å². The smallest absolute Gasteiger partial charge is 0.123 e. The second kappa shape index (κ2) is 56.5. The third-order valence-corrected chi connectivity index (χ3v) is 27.2. The molecule has 17 nitrogen and oxygen atoms in total. The normalized spacial score (nSPS) is 11.8. The van der Waals surface area contributed by atoms with Crippen LogP contribution in [0.1, 0.15) is 170 Å². The fourth-order valence-electron chi connectivity index (χ4n) is 18.7. The minimum Gasteiger partial charge on any atom is -0.374 e. The van der Waals surface area contributed by atoms with Crippen LogP contribution in [0, 0.1) is 78.9 Å². The minimum atomic E-state index is -0.232. The van der Waals surface area contributed by atoms with Gasteiger partial charge in [-0.15, -0.1) is 0 Å². The molecule has 7 heterocycles. The van der Waals surface area contributed by atoms with Crippen LogP contribution in [-0.4, -0.2) is 176 Å². The lowest BCUT2D eigenvalue weighted by molar-refractivity contribution is 0.140. The van der Waals surface area contributed by atoms with Gasteiger partial charge in [0, 0.05) is 171 Å². The largest absolute Gasteiger partial charge is 0.374 e. The molecular weight excluding hydrogens is 1780 g/mol. The Labute approximate surface area is 858 Å². The Morgan fingerprint density at radius 2 is 0.615 bits per heavy atom. The summed E-state index contributed by atoms with van der Waals surface area (Å²) in [6, 6.07) is 81.7. The Hall–Kier alpha value is -13.4. The molecule has 143 heavy (non-hydrogen) atoms. The quantitative estimate of drug-likeness (QED) is 0.0247. The molecule has 5 N–H and O–H groups in total. The van der Waals surface area contributed by atoms with Crippen molar-refractivity contribution in [1.29, 1.82) is 0 Å². The summed E-state index contributed by atoms with van der Waals surface area (Å²) in [5.74, 6) is 32.9. The highest BCUT2D eigenvalue weighted by atomic mass is 35.5. The van der Waals surface area contributed by atoms with Crippen LogP contribution >= 0.6 is 11.6 Å². The first-order chi connectivity index (χ1) is 69.8. The van der Waals surface area contributed by atoms with Crippen LogP contribution in [0.4, 0.5) is 32.8 Å². The third-order valence-electron chi connectivity index (χ3n) is 27.0. The number of nitrogens with zero attached hydrogens (tertiary/aromatic N) is 12. The summed E-state index contributed by atoms with van der Waals surface area (Å²) in [4.78, 5) is 19.0. The summed E-state index contributed by atoms with van der Waals surface area (Å²) in [5, 5.41) is 24.0. The van der Waals surface area contributed by atoms with Gasteiger partial charge in [0.15, 0.2) is 0 Å². The van der Waals surface area contributed by atoms with Crippen molar-refractivity contribution in [2.24, 2.45) is 0 Å². The number of para-hydroxylation sites is 1. The second-order valence-corrected chi connectivity index (χ2v) is 36.6. The number of aryl methyl sites for hydroxylation is 7. The first-order valence-electron chi connectivity index (χ1n) is 51.8. The van der Waals surface area contributed by atoms with Crippen LogP contribution in [0.2, 0.25) is 5.02 Å². The Morgan fingerprint density at radius 1 is 0.329 bits per heavy atom. The van der Waals surface area contributed by atoms with Crippen molar-refractivity contribution in [3.63, 3.8) is 0 Å². The van der Waals surface area contributed by atoms with Crippen molar-refractivity contribution in [2.45, 2.75) is 188 Å². The predicted octanol–water partition coefficient (Wildman–Crippen LogP) is 25.3. The molecule has 19 heteroatoms. The van der Waals surface area contributed by atoms with Crippen molar-refractivity contribution in [1.82, 2.24) is 57.2 Å². The average Bonchev–Trinajstić information content (AvgIpc) is 1.66. The van der Waals surface area contributed by atoms with Gasteiger partial charge in [-0.25, -0.2) is 4.39 Å².